The maximum absolute atomic E-state index is 12.7. The highest BCUT2D eigenvalue weighted by molar-refractivity contribution is 7.31. The first kappa shape index (κ1) is 21.3. The van der Waals surface area contributed by atoms with Crippen LogP contribution in [0, 0.1) is 34.0 Å². The largest absolute Gasteiger partial charge is 0.352 e. The fraction of sp³-hybridized carbons (Fsp3) is 0.875. The first-order chi connectivity index (χ1) is 13.5. The van der Waals surface area contributed by atoms with Crippen LogP contribution in [-0.4, -0.2) is 17.6 Å². The molecule has 0 heterocycles. The third kappa shape index (κ3) is 3.38. The van der Waals surface area contributed by atoms with Gasteiger partial charge in [-0.15, -0.1) is 0 Å². The van der Waals surface area contributed by atoms with Crippen LogP contribution in [0.3, 0.4) is 0 Å². The summed E-state index contributed by atoms with van der Waals surface area (Å²) < 4.78 is 23.2. The molecular formula is C24H38NO3P. The first-order valence-electron chi connectivity index (χ1n) is 11.6. The molecule has 1 N–H and O–H groups in total. The molecule has 4 nitrogen and oxygen atoms in total. The van der Waals surface area contributed by atoms with Crippen LogP contribution in [0.2, 0.25) is 0 Å². The van der Waals surface area contributed by atoms with Crippen molar-refractivity contribution in [3.8, 4) is 0 Å². The van der Waals surface area contributed by atoms with Crippen molar-refractivity contribution in [2.24, 2.45) is 34.0 Å². The Hall–Kier alpha value is -0.890. The number of carbonyl (C=O) groups excluding carboxylic acids is 1. The molecule has 4 aliphatic rings. The van der Waals surface area contributed by atoms with E-state index in [4.69, 9.17) is 0 Å². The molecule has 0 aromatic rings. The zero-order valence-corrected chi connectivity index (χ0v) is 19.7. The van der Waals surface area contributed by atoms with Crippen LogP contribution in [0.5, 0.6) is 0 Å². The normalized spacial score (nSPS) is 44.2. The maximum atomic E-state index is 12.7. The second-order valence-corrected chi connectivity index (χ2v) is 13.1. The lowest BCUT2D eigenvalue weighted by Gasteiger charge is -2.58. The van der Waals surface area contributed by atoms with Crippen molar-refractivity contribution >= 4 is 13.6 Å². The second-order valence-electron chi connectivity index (χ2n) is 11.8. The van der Waals surface area contributed by atoms with Crippen molar-refractivity contribution < 1.29 is 13.9 Å². The van der Waals surface area contributed by atoms with Crippen LogP contribution in [-0.2, 0) is 13.9 Å². The number of rotatable bonds is 2. The maximum Gasteiger partial charge on any atom is 0.319 e. The molecule has 0 bridgehead atoms. The quantitative estimate of drug-likeness (QED) is 0.440. The Morgan fingerprint density at radius 3 is 2.45 bits per heavy atom. The summed E-state index contributed by atoms with van der Waals surface area (Å²) in [5.74, 6) is 2.18. The van der Waals surface area contributed by atoms with Crippen LogP contribution in [0.1, 0.15) is 86.0 Å². The lowest BCUT2D eigenvalue weighted by atomic mass is 9.48. The van der Waals surface area contributed by atoms with Crippen molar-refractivity contribution in [1.82, 2.24) is 5.32 Å². The van der Waals surface area contributed by atoms with Crippen molar-refractivity contribution in [2.45, 2.75) is 97.7 Å². The number of amides is 1. The number of fused-ring (bicyclic) bond motifs is 5. The Morgan fingerprint density at radius 1 is 1.07 bits per heavy atom. The van der Waals surface area contributed by atoms with E-state index in [1.807, 2.05) is 20.8 Å². The van der Waals surface area contributed by atoms with Gasteiger partial charge in [-0.05, 0) is 80.0 Å². The number of hydrogen-bond acceptors (Lipinski definition) is 3. The lowest BCUT2D eigenvalue weighted by molar-refractivity contribution is -0.130. The van der Waals surface area contributed by atoms with E-state index in [1.54, 1.807) is 0 Å². The van der Waals surface area contributed by atoms with Gasteiger partial charge in [-0.25, -0.2) is 9.13 Å². The monoisotopic (exact) mass is 419 g/mol. The fourth-order valence-electron chi connectivity index (χ4n) is 7.43. The van der Waals surface area contributed by atoms with Gasteiger partial charge >= 0.3 is 7.68 Å². The van der Waals surface area contributed by atoms with Gasteiger partial charge in [-0.3, -0.25) is 4.79 Å². The highest BCUT2D eigenvalue weighted by Crippen LogP contribution is 2.65. The third-order valence-electron chi connectivity index (χ3n) is 9.36. The van der Waals surface area contributed by atoms with Crippen molar-refractivity contribution in [3.63, 3.8) is 0 Å². The van der Waals surface area contributed by atoms with Gasteiger partial charge in [-0.1, -0.05) is 46.3 Å². The van der Waals surface area contributed by atoms with Crippen molar-refractivity contribution in [2.75, 3.05) is 0 Å². The lowest BCUT2D eigenvalue weighted by Crippen LogP contribution is -2.54. The van der Waals surface area contributed by atoms with E-state index in [2.05, 4.69) is 25.2 Å². The molecule has 5 heteroatoms. The molecule has 3 fully saturated rings. The molecule has 0 radical (unpaired) electrons. The zero-order chi connectivity index (χ0) is 21.2. The Kier molecular flexibility index (Phi) is 5.21. The van der Waals surface area contributed by atoms with Crippen LogP contribution in [0.15, 0.2) is 11.6 Å². The number of allylic oxidation sites excluding steroid dienone is 2. The van der Waals surface area contributed by atoms with Gasteiger partial charge in [0.25, 0.3) is 0 Å². The minimum atomic E-state index is -2.32. The minimum Gasteiger partial charge on any atom is -0.352 e. The number of hydrogen-bond donors (Lipinski definition) is 1. The highest BCUT2D eigenvalue weighted by atomic mass is 31.1. The predicted molar refractivity (Wildman–Crippen MR) is 115 cm³/mol. The number of carbonyl (C=O) groups is 1. The van der Waals surface area contributed by atoms with E-state index in [9.17, 15) is 13.9 Å². The summed E-state index contributed by atoms with van der Waals surface area (Å²) in [6.07, 6.45) is 10.8. The minimum absolute atomic E-state index is 0.154. The summed E-state index contributed by atoms with van der Waals surface area (Å²) in [7, 11) is -2.32. The van der Waals surface area contributed by atoms with Crippen LogP contribution < -0.4 is 5.32 Å². The van der Waals surface area contributed by atoms with E-state index in [0.717, 1.165) is 32.1 Å². The topological polar surface area (TPSA) is 63.2 Å². The summed E-state index contributed by atoms with van der Waals surface area (Å²) in [4.78, 5) is 12.7. The summed E-state index contributed by atoms with van der Waals surface area (Å²) in [6, 6.07) is 0.290. The van der Waals surface area contributed by atoms with E-state index in [0.29, 0.717) is 23.8 Å². The Morgan fingerprint density at radius 2 is 1.79 bits per heavy atom. The number of nitrogens with one attached hydrogen (secondary N) is 1. The SMILES string of the molecule is CC(C)(C)C(=O)NC1CC[C@H]2[C@@H]3CC=C4CC(P(=O)=O)CC[C@]4(C)[C@@H]3CC[C@]12C. The molecule has 3 saturated carbocycles. The second kappa shape index (κ2) is 7.08. The van der Waals surface area contributed by atoms with Gasteiger partial charge in [0, 0.05) is 11.5 Å². The first-order valence-corrected chi connectivity index (χ1v) is 12.9. The van der Waals surface area contributed by atoms with Gasteiger partial charge in [0.15, 0.2) is 0 Å². The smallest absolute Gasteiger partial charge is 0.319 e. The molecule has 162 valence electrons. The van der Waals surface area contributed by atoms with E-state index in [-0.39, 0.29) is 27.8 Å². The van der Waals surface area contributed by atoms with Crippen LogP contribution in [0.25, 0.3) is 0 Å². The molecule has 4 rings (SSSR count). The highest BCUT2D eigenvalue weighted by Gasteiger charge is 2.59. The van der Waals surface area contributed by atoms with Crippen molar-refractivity contribution in [1.29, 1.82) is 0 Å². The van der Waals surface area contributed by atoms with Gasteiger partial charge in [-0.2, -0.15) is 0 Å². The Labute approximate surface area is 176 Å². The summed E-state index contributed by atoms with van der Waals surface area (Å²) in [5.41, 5.74) is 1.30. The molecule has 2 unspecified atom stereocenters. The fourth-order valence-corrected chi connectivity index (χ4v) is 8.12. The molecule has 4 aliphatic carbocycles. The van der Waals surface area contributed by atoms with Gasteiger partial charge in [0.1, 0.15) is 0 Å². The predicted octanol–water partition coefficient (Wildman–Crippen LogP) is 6.02. The summed E-state index contributed by atoms with van der Waals surface area (Å²) in [5, 5.41) is 3.42. The zero-order valence-electron chi connectivity index (χ0n) is 18.8. The average molecular weight is 420 g/mol. The summed E-state index contributed by atoms with van der Waals surface area (Å²) >= 11 is 0. The Balaban J connectivity index is 1.56. The third-order valence-corrected chi connectivity index (χ3v) is 10.4. The van der Waals surface area contributed by atoms with Crippen LogP contribution in [0.4, 0.5) is 0 Å². The molecule has 29 heavy (non-hydrogen) atoms. The molecule has 0 aromatic carbocycles. The van der Waals surface area contributed by atoms with E-state index < -0.39 is 7.68 Å². The van der Waals surface area contributed by atoms with E-state index >= 15 is 0 Å². The standard InChI is InChI=1S/C24H38NO3P/c1-22(2,3)21(26)25-20-9-8-18-17-7-6-15-14-16(29(27)28)10-12-23(15,4)19(17)11-13-24(18,20)5/h6,16-20H,7-14H2,1-5H3,(H,25,26)/t16?,17-,18-,19+,20?,23-,24-/m0/s1. The van der Waals surface area contributed by atoms with Gasteiger partial charge in [0.05, 0.1) is 5.66 Å². The summed E-state index contributed by atoms with van der Waals surface area (Å²) in [6.45, 7) is 10.8. The molecule has 0 spiro atoms. The van der Waals surface area contributed by atoms with Crippen molar-refractivity contribution in [3.05, 3.63) is 11.6 Å². The molecule has 7 atom stereocenters. The van der Waals surface area contributed by atoms with E-state index in [1.165, 1.54) is 24.8 Å². The molecule has 0 aromatic heterocycles. The van der Waals surface area contributed by atoms with Crippen LogP contribution >= 0.6 is 7.68 Å². The molecule has 1 amide bonds. The Bertz CT molecular complexity index is 786. The molecule has 0 aliphatic heterocycles. The van der Waals surface area contributed by atoms with Gasteiger partial charge < -0.3 is 5.32 Å². The average Bonchev–Trinajstić information content (AvgIpc) is 2.96. The van der Waals surface area contributed by atoms with Gasteiger partial charge in [0.2, 0.25) is 5.91 Å². The molecule has 0 saturated heterocycles. The molecular weight excluding hydrogens is 381 g/mol.